The highest BCUT2D eigenvalue weighted by molar-refractivity contribution is 6.29. The molecule has 0 unspecified atom stereocenters. The normalized spacial score (nSPS) is 10.3. The van der Waals surface area contributed by atoms with Crippen molar-refractivity contribution in [2.24, 2.45) is 0 Å². The Hall–Kier alpha value is -1.28. The number of rotatable bonds is 2. The van der Waals surface area contributed by atoms with Crippen LogP contribution in [0.25, 0.3) is 0 Å². The van der Waals surface area contributed by atoms with Crippen LogP contribution in [0.4, 0.5) is 13.2 Å². The maximum absolute atomic E-state index is 13.1. The van der Waals surface area contributed by atoms with E-state index in [2.05, 4.69) is 4.98 Å². The molecule has 1 aromatic heterocycles. The molecule has 0 N–H and O–H groups in total. The van der Waals surface area contributed by atoms with E-state index in [-0.39, 0.29) is 12.0 Å². The van der Waals surface area contributed by atoms with Gasteiger partial charge in [0, 0.05) is 6.20 Å². The molecule has 0 saturated carbocycles. The number of nitriles is 1. The molecular formula is C8H4ClF3N2. The van der Waals surface area contributed by atoms with Gasteiger partial charge in [-0.3, -0.25) is 0 Å². The number of nitrogens with zero attached hydrogens (tertiary/aromatic N) is 2. The molecule has 0 saturated heterocycles. The van der Waals surface area contributed by atoms with Crippen molar-refractivity contribution in [2.75, 3.05) is 0 Å². The molecule has 6 heteroatoms. The summed E-state index contributed by atoms with van der Waals surface area (Å²) in [5.41, 5.74) is -0.976. The van der Waals surface area contributed by atoms with E-state index in [1.54, 1.807) is 6.07 Å². The van der Waals surface area contributed by atoms with E-state index in [1.807, 2.05) is 0 Å². The predicted molar refractivity (Wildman–Crippen MR) is 43.5 cm³/mol. The van der Waals surface area contributed by atoms with Gasteiger partial charge in [-0.25, -0.2) is 18.2 Å². The van der Waals surface area contributed by atoms with Crippen LogP contribution in [0.2, 0.25) is 5.15 Å². The van der Waals surface area contributed by atoms with Crippen LogP contribution < -0.4 is 0 Å². The first-order valence-corrected chi connectivity index (χ1v) is 3.93. The van der Waals surface area contributed by atoms with E-state index < -0.39 is 23.0 Å². The van der Waals surface area contributed by atoms with Gasteiger partial charge in [-0.2, -0.15) is 5.26 Å². The van der Waals surface area contributed by atoms with Gasteiger partial charge in [0.1, 0.15) is 0 Å². The molecule has 0 amide bonds. The first kappa shape index (κ1) is 10.8. The van der Waals surface area contributed by atoms with Gasteiger partial charge in [-0.15, -0.1) is 0 Å². The molecule has 2 nitrogen and oxygen atoms in total. The largest absolute Gasteiger partial charge is 0.267 e. The minimum absolute atomic E-state index is 0.135. The van der Waals surface area contributed by atoms with E-state index in [4.69, 9.17) is 16.9 Å². The topological polar surface area (TPSA) is 36.7 Å². The lowest BCUT2D eigenvalue weighted by Gasteiger charge is -2.07. The molecule has 0 atom stereocenters. The highest BCUT2D eigenvalue weighted by Gasteiger charge is 2.21. The Labute approximate surface area is 82.9 Å². The highest BCUT2D eigenvalue weighted by atomic mass is 35.5. The summed E-state index contributed by atoms with van der Waals surface area (Å²) in [7, 11) is 0. The molecule has 74 valence electrons. The third kappa shape index (κ3) is 1.96. The summed E-state index contributed by atoms with van der Waals surface area (Å²) in [5.74, 6) is -1.26. The molecule has 1 rings (SSSR count). The second-order valence-electron chi connectivity index (χ2n) is 2.44. The lowest BCUT2D eigenvalue weighted by molar-refractivity contribution is 0.145. The van der Waals surface area contributed by atoms with Gasteiger partial charge in [0.2, 0.25) is 0 Å². The Morgan fingerprint density at radius 1 is 1.57 bits per heavy atom. The van der Waals surface area contributed by atoms with Gasteiger partial charge in [0.15, 0.2) is 11.0 Å². The molecule has 0 fully saturated rings. The molecule has 0 spiro atoms. The van der Waals surface area contributed by atoms with Crippen LogP contribution in [0.5, 0.6) is 0 Å². The van der Waals surface area contributed by atoms with Gasteiger partial charge in [-0.1, -0.05) is 11.6 Å². The smallest absolute Gasteiger partial charge is 0.241 e. The summed E-state index contributed by atoms with van der Waals surface area (Å²) in [4.78, 5) is 3.35. The Morgan fingerprint density at radius 2 is 2.21 bits per heavy atom. The van der Waals surface area contributed by atoms with Crippen LogP contribution in [-0.2, 0) is 6.42 Å². The standard InChI is InChI=1S/C8H4ClF3N2/c9-7-6(10)5(8(11)12)4(1-2-13)3-14-7/h3,8H,1H2. The zero-order chi connectivity index (χ0) is 10.7. The number of aromatic nitrogens is 1. The van der Waals surface area contributed by atoms with Crippen molar-refractivity contribution in [1.82, 2.24) is 4.98 Å². The number of alkyl halides is 2. The highest BCUT2D eigenvalue weighted by Crippen LogP contribution is 2.28. The molecule has 1 aromatic rings. The number of hydrogen-bond acceptors (Lipinski definition) is 2. The van der Waals surface area contributed by atoms with Gasteiger partial charge in [0.25, 0.3) is 6.43 Å². The van der Waals surface area contributed by atoms with E-state index in [9.17, 15) is 13.2 Å². The summed E-state index contributed by atoms with van der Waals surface area (Å²) in [6, 6.07) is 1.64. The molecule has 14 heavy (non-hydrogen) atoms. The van der Waals surface area contributed by atoms with Crippen LogP contribution in [-0.4, -0.2) is 4.98 Å². The Kier molecular flexibility index (Phi) is 3.31. The lowest BCUT2D eigenvalue weighted by Crippen LogP contribution is -2.01. The summed E-state index contributed by atoms with van der Waals surface area (Å²) in [5, 5.41) is 7.70. The maximum atomic E-state index is 13.1. The minimum Gasteiger partial charge on any atom is -0.241 e. The Balaban J connectivity index is 3.31. The SMILES string of the molecule is N#CCc1cnc(Cl)c(F)c1C(F)F. The van der Waals surface area contributed by atoms with Gasteiger partial charge >= 0.3 is 0 Å². The van der Waals surface area contributed by atoms with E-state index in [1.165, 1.54) is 0 Å². The second-order valence-corrected chi connectivity index (χ2v) is 2.80. The molecule has 0 bridgehead atoms. The average molecular weight is 221 g/mol. The van der Waals surface area contributed by atoms with Gasteiger partial charge in [0.05, 0.1) is 18.1 Å². The lowest BCUT2D eigenvalue weighted by atomic mass is 10.1. The van der Waals surface area contributed by atoms with E-state index >= 15 is 0 Å². The van der Waals surface area contributed by atoms with E-state index in [0.29, 0.717) is 0 Å². The quantitative estimate of drug-likeness (QED) is 0.719. The maximum Gasteiger partial charge on any atom is 0.267 e. The zero-order valence-corrected chi connectivity index (χ0v) is 7.52. The fraction of sp³-hybridized carbons (Fsp3) is 0.250. The number of hydrogen-bond donors (Lipinski definition) is 0. The molecule has 0 radical (unpaired) electrons. The van der Waals surface area contributed by atoms with Crippen molar-refractivity contribution in [3.63, 3.8) is 0 Å². The third-order valence-corrected chi connectivity index (χ3v) is 1.85. The molecule has 1 heterocycles. The predicted octanol–water partition coefficient (Wildman–Crippen LogP) is 2.88. The second kappa shape index (κ2) is 4.29. The van der Waals surface area contributed by atoms with Crippen molar-refractivity contribution >= 4 is 11.6 Å². The molecule has 0 aliphatic carbocycles. The molecule has 0 aliphatic rings. The Bertz CT molecular complexity index is 387. The van der Waals surface area contributed by atoms with E-state index in [0.717, 1.165) is 6.20 Å². The first-order chi connectivity index (χ1) is 6.57. The molecule has 0 aromatic carbocycles. The number of halogens is 4. The fourth-order valence-electron chi connectivity index (χ4n) is 0.975. The summed E-state index contributed by atoms with van der Waals surface area (Å²) in [6.07, 6.45) is -2.34. The molecular weight excluding hydrogens is 217 g/mol. The number of pyridine rings is 1. The van der Waals surface area contributed by atoms with Gasteiger partial charge < -0.3 is 0 Å². The first-order valence-electron chi connectivity index (χ1n) is 3.55. The summed E-state index contributed by atoms with van der Waals surface area (Å²) < 4.78 is 37.8. The van der Waals surface area contributed by atoms with Crippen LogP contribution in [0, 0.1) is 17.1 Å². The van der Waals surface area contributed by atoms with Crippen molar-refractivity contribution in [2.45, 2.75) is 12.8 Å². The summed E-state index contributed by atoms with van der Waals surface area (Å²) >= 11 is 5.23. The minimum atomic E-state index is -3.00. The third-order valence-electron chi connectivity index (χ3n) is 1.58. The van der Waals surface area contributed by atoms with Crippen molar-refractivity contribution in [3.8, 4) is 6.07 Å². The van der Waals surface area contributed by atoms with Crippen molar-refractivity contribution in [3.05, 3.63) is 28.3 Å². The van der Waals surface area contributed by atoms with Gasteiger partial charge in [-0.05, 0) is 5.56 Å². The average Bonchev–Trinajstić information content (AvgIpc) is 2.11. The van der Waals surface area contributed by atoms with Crippen LogP contribution in [0.3, 0.4) is 0 Å². The molecule has 0 aliphatic heterocycles. The van der Waals surface area contributed by atoms with Crippen LogP contribution in [0.15, 0.2) is 6.20 Å². The zero-order valence-electron chi connectivity index (χ0n) is 6.77. The monoisotopic (exact) mass is 220 g/mol. The van der Waals surface area contributed by atoms with Crippen LogP contribution >= 0.6 is 11.6 Å². The van der Waals surface area contributed by atoms with Crippen LogP contribution in [0.1, 0.15) is 17.6 Å². The fourth-order valence-corrected chi connectivity index (χ4v) is 1.13. The van der Waals surface area contributed by atoms with Crippen molar-refractivity contribution in [1.29, 1.82) is 5.26 Å². The Morgan fingerprint density at radius 3 is 2.71 bits per heavy atom. The summed E-state index contributed by atoms with van der Waals surface area (Å²) in [6.45, 7) is 0. The van der Waals surface area contributed by atoms with Crippen molar-refractivity contribution < 1.29 is 13.2 Å².